The van der Waals surface area contributed by atoms with Crippen LogP contribution in [0.15, 0.2) is 36.4 Å². The van der Waals surface area contributed by atoms with E-state index < -0.39 is 29.8 Å². The predicted molar refractivity (Wildman–Crippen MR) is 111 cm³/mol. The zero-order valence-electron chi connectivity index (χ0n) is 16.2. The Bertz CT molecular complexity index is 975. The molecule has 8 nitrogen and oxygen atoms in total. The van der Waals surface area contributed by atoms with E-state index in [2.05, 4.69) is 20.1 Å². The number of hydrogen-bond donors (Lipinski definition) is 2. The van der Waals surface area contributed by atoms with Crippen LogP contribution in [-0.2, 0) is 14.3 Å². The average molecular weight is 453 g/mol. The van der Waals surface area contributed by atoms with Gasteiger partial charge in [-0.05, 0) is 37.3 Å². The summed E-state index contributed by atoms with van der Waals surface area (Å²) in [4.78, 5) is 48.6. The molecule has 10 heteroatoms. The first-order chi connectivity index (χ1) is 14.2. The van der Waals surface area contributed by atoms with Crippen LogP contribution in [0.1, 0.15) is 38.0 Å². The van der Waals surface area contributed by atoms with E-state index in [4.69, 9.17) is 23.2 Å². The number of anilines is 1. The molecule has 2 aromatic rings. The van der Waals surface area contributed by atoms with Crippen LogP contribution in [0.2, 0.25) is 10.0 Å². The fourth-order valence-corrected chi connectivity index (χ4v) is 2.83. The zero-order chi connectivity index (χ0) is 22.4. The van der Waals surface area contributed by atoms with Crippen LogP contribution >= 0.6 is 23.2 Å². The lowest BCUT2D eigenvalue weighted by atomic mass is 10.1. The second kappa shape index (κ2) is 10.1. The number of methoxy groups -OCH3 is 2. The number of halogens is 2. The monoisotopic (exact) mass is 452 g/mol. The van der Waals surface area contributed by atoms with Crippen LogP contribution in [0.4, 0.5) is 5.69 Å². The summed E-state index contributed by atoms with van der Waals surface area (Å²) < 4.78 is 9.30. The molecule has 0 radical (unpaired) electrons. The normalized spacial score (nSPS) is 11.2. The van der Waals surface area contributed by atoms with Crippen LogP contribution in [0.3, 0.4) is 0 Å². The third-order valence-electron chi connectivity index (χ3n) is 3.98. The van der Waals surface area contributed by atoms with Crippen molar-refractivity contribution < 1.29 is 28.7 Å². The van der Waals surface area contributed by atoms with Gasteiger partial charge in [0, 0.05) is 5.69 Å². The number of nitrogens with one attached hydrogen (secondary N) is 2. The van der Waals surface area contributed by atoms with E-state index in [1.165, 1.54) is 51.5 Å². The lowest BCUT2D eigenvalue weighted by molar-refractivity contribution is -0.117. The lowest BCUT2D eigenvalue weighted by Crippen LogP contribution is -2.41. The summed E-state index contributed by atoms with van der Waals surface area (Å²) in [6.07, 6.45) is 0. The third kappa shape index (κ3) is 5.49. The lowest BCUT2D eigenvalue weighted by Gasteiger charge is -2.16. The van der Waals surface area contributed by atoms with Gasteiger partial charge in [-0.3, -0.25) is 9.59 Å². The van der Waals surface area contributed by atoms with Crippen molar-refractivity contribution in [3.63, 3.8) is 0 Å². The molecule has 2 aromatic carbocycles. The van der Waals surface area contributed by atoms with Gasteiger partial charge in [0.2, 0.25) is 5.91 Å². The highest BCUT2D eigenvalue weighted by atomic mass is 35.5. The summed E-state index contributed by atoms with van der Waals surface area (Å²) in [6, 6.07) is 7.52. The molecule has 158 valence electrons. The minimum Gasteiger partial charge on any atom is -0.465 e. The first-order valence-corrected chi connectivity index (χ1v) is 9.31. The largest absolute Gasteiger partial charge is 0.465 e. The highest BCUT2D eigenvalue weighted by Crippen LogP contribution is 2.25. The Hall–Kier alpha value is -3.10. The van der Waals surface area contributed by atoms with E-state index in [0.29, 0.717) is 0 Å². The number of amides is 2. The molecule has 0 saturated heterocycles. The molecule has 30 heavy (non-hydrogen) atoms. The molecule has 0 bridgehead atoms. The van der Waals surface area contributed by atoms with Crippen LogP contribution in [-0.4, -0.2) is 44.0 Å². The molecule has 1 atom stereocenters. The van der Waals surface area contributed by atoms with Crippen molar-refractivity contribution in [2.24, 2.45) is 0 Å². The number of carbonyl (C=O) groups is 4. The molecule has 2 N–H and O–H groups in total. The highest BCUT2D eigenvalue weighted by molar-refractivity contribution is 6.43. The molecule has 0 saturated carbocycles. The standard InChI is InChI=1S/C20H18Cl2N2O6/c1-10(23-18(26)14-5-4-6-15(21)16(14)22)17(25)24-13-8-11(19(27)29-2)7-12(9-13)20(28)30-3/h4-10H,1-3H3,(H,23,26)(H,24,25). The summed E-state index contributed by atoms with van der Waals surface area (Å²) in [5, 5.41) is 5.31. The number of carbonyl (C=O) groups excluding carboxylic acids is 4. The number of esters is 2. The molecular weight excluding hydrogens is 435 g/mol. The van der Waals surface area contributed by atoms with E-state index in [1.54, 1.807) is 6.07 Å². The second-order valence-corrected chi connectivity index (χ2v) is 6.85. The van der Waals surface area contributed by atoms with Gasteiger partial charge in [-0.1, -0.05) is 29.3 Å². The molecule has 0 heterocycles. The highest BCUT2D eigenvalue weighted by Gasteiger charge is 2.21. The maximum absolute atomic E-state index is 12.5. The molecule has 0 fully saturated rings. The number of benzene rings is 2. The van der Waals surface area contributed by atoms with Gasteiger partial charge in [-0.2, -0.15) is 0 Å². The van der Waals surface area contributed by atoms with Gasteiger partial charge < -0.3 is 20.1 Å². The maximum atomic E-state index is 12.5. The van der Waals surface area contributed by atoms with Crippen LogP contribution in [0, 0.1) is 0 Å². The number of ether oxygens (including phenoxy) is 2. The zero-order valence-corrected chi connectivity index (χ0v) is 17.8. The maximum Gasteiger partial charge on any atom is 0.337 e. The number of hydrogen-bond acceptors (Lipinski definition) is 6. The second-order valence-electron chi connectivity index (χ2n) is 6.07. The fraction of sp³-hybridized carbons (Fsp3) is 0.200. The van der Waals surface area contributed by atoms with E-state index in [0.717, 1.165) is 0 Å². The van der Waals surface area contributed by atoms with Gasteiger partial charge in [-0.15, -0.1) is 0 Å². The summed E-state index contributed by atoms with van der Waals surface area (Å²) in [6.45, 7) is 1.46. The molecule has 0 aromatic heterocycles. The van der Waals surface area contributed by atoms with Crippen molar-refractivity contribution in [3.05, 3.63) is 63.1 Å². The Morgan fingerprint density at radius 2 is 1.50 bits per heavy atom. The smallest absolute Gasteiger partial charge is 0.337 e. The minimum absolute atomic E-state index is 0.0399. The first-order valence-electron chi connectivity index (χ1n) is 8.55. The average Bonchev–Trinajstić information content (AvgIpc) is 2.73. The Kier molecular flexibility index (Phi) is 7.79. The Morgan fingerprint density at radius 1 is 0.933 bits per heavy atom. The van der Waals surface area contributed by atoms with Crippen LogP contribution in [0.5, 0.6) is 0 Å². The van der Waals surface area contributed by atoms with Crippen molar-refractivity contribution in [2.45, 2.75) is 13.0 Å². The van der Waals surface area contributed by atoms with E-state index in [9.17, 15) is 19.2 Å². The molecule has 1 unspecified atom stereocenters. The predicted octanol–water partition coefficient (Wildman–Crippen LogP) is 3.32. The molecule has 0 aliphatic rings. The molecule has 0 aliphatic heterocycles. The summed E-state index contributed by atoms with van der Waals surface area (Å²) in [5.74, 6) is -2.59. The molecular formula is C20H18Cl2N2O6. The Balaban J connectivity index is 2.19. The molecule has 2 rings (SSSR count). The number of rotatable bonds is 6. The molecule has 2 amide bonds. The summed E-state index contributed by atoms with van der Waals surface area (Å²) >= 11 is 11.9. The van der Waals surface area contributed by atoms with Gasteiger partial charge in [0.15, 0.2) is 0 Å². The van der Waals surface area contributed by atoms with Crippen LogP contribution in [0.25, 0.3) is 0 Å². The first kappa shape index (κ1) is 23.2. The van der Waals surface area contributed by atoms with Crippen molar-refractivity contribution in [1.29, 1.82) is 0 Å². The van der Waals surface area contributed by atoms with Crippen LogP contribution < -0.4 is 10.6 Å². The van der Waals surface area contributed by atoms with Gasteiger partial charge >= 0.3 is 11.9 Å². The SMILES string of the molecule is COC(=O)c1cc(NC(=O)C(C)NC(=O)c2cccc(Cl)c2Cl)cc(C(=O)OC)c1. The van der Waals surface area contributed by atoms with E-state index in [-0.39, 0.29) is 32.4 Å². The van der Waals surface area contributed by atoms with Gasteiger partial charge in [0.1, 0.15) is 6.04 Å². The van der Waals surface area contributed by atoms with Crippen molar-refractivity contribution in [1.82, 2.24) is 5.32 Å². The van der Waals surface area contributed by atoms with Crippen molar-refractivity contribution in [2.75, 3.05) is 19.5 Å². The quantitative estimate of drug-likeness (QED) is 0.650. The Labute approximate surface area is 182 Å². The fourth-order valence-electron chi connectivity index (χ4n) is 2.44. The summed E-state index contributed by atoms with van der Waals surface area (Å²) in [5.41, 5.74) is 0.339. The van der Waals surface area contributed by atoms with Gasteiger partial charge in [-0.25, -0.2) is 9.59 Å². The topological polar surface area (TPSA) is 111 Å². The Morgan fingerprint density at radius 3 is 2.03 bits per heavy atom. The molecule has 0 aliphatic carbocycles. The minimum atomic E-state index is -0.976. The summed E-state index contributed by atoms with van der Waals surface area (Å²) in [7, 11) is 2.37. The van der Waals surface area contributed by atoms with Crippen molar-refractivity contribution in [3.8, 4) is 0 Å². The van der Waals surface area contributed by atoms with E-state index in [1.807, 2.05) is 0 Å². The van der Waals surface area contributed by atoms with Crippen molar-refractivity contribution >= 4 is 52.6 Å². The van der Waals surface area contributed by atoms with Gasteiger partial charge in [0.05, 0.1) is 41.0 Å². The third-order valence-corrected chi connectivity index (χ3v) is 4.80. The van der Waals surface area contributed by atoms with Gasteiger partial charge in [0.25, 0.3) is 5.91 Å². The van der Waals surface area contributed by atoms with E-state index >= 15 is 0 Å². The molecule has 0 spiro atoms.